The van der Waals surface area contributed by atoms with Crippen LogP contribution in [0.5, 0.6) is 0 Å². The molecule has 0 aromatic carbocycles. The lowest BCUT2D eigenvalue weighted by Gasteiger charge is -2.56. The van der Waals surface area contributed by atoms with E-state index in [9.17, 15) is 9.90 Å². The largest absolute Gasteiger partial charge is 0.468 e. The van der Waals surface area contributed by atoms with Gasteiger partial charge >= 0.3 is 5.97 Å². The summed E-state index contributed by atoms with van der Waals surface area (Å²) in [5.74, 6) is 1.29. The fraction of sp³-hybridized carbons (Fsp3) is 0.850. The summed E-state index contributed by atoms with van der Waals surface area (Å²) in [5.41, 5.74) is 1.82. The maximum absolute atomic E-state index is 11.9. The maximum Gasteiger partial charge on any atom is 0.323 e. The van der Waals surface area contributed by atoms with Crippen molar-refractivity contribution in [3.63, 3.8) is 0 Å². The summed E-state index contributed by atoms with van der Waals surface area (Å²) in [4.78, 5) is 13.9. The topological polar surface area (TPSA) is 59.0 Å². The summed E-state index contributed by atoms with van der Waals surface area (Å²) in [5, 5.41) is 10.3. The summed E-state index contributed by atoms with van der Waals surface area (Å²) < 4.78 is 10.7. The van der Waals surface area contributed by atoms with E-state index in [1.165, 1.54) is 25.5 Å². The molecule has 0 amide bonds. The SMILES string of the molecule is COC(=O)C1CCCCN1CC(O)COCC1=CCC2CC1C2(C)C. The predicted molar refractivity (Wildman–Crippen MR) is 96.1 cm³/mol. The van der Waals surface area contributed by atoms with Gasteiger partial charge in [-0.15, -0.1) is 0 Å². The molecule has 4 aliphatic rings. The Morgan fingerprint density at radius 1 is 1.44 bits per heavy atom. The quantitative estimate of drug-likeness (QED) is 0.564. The summed E-state index contributed by atoms with van der Waals surface area (Å²) in [6, 6.07) is -0.220. The van der Waals surface area contributed by atoms with Crippen LogP contribution in [0.1, 0.15) is 46.0 Å². The van der Waals surface area contributed by atoms with Crippen molar-refractivity contribution in [3.05, 3.63) is 11.6 Å². The molecule has 1 heterocycles. The van der Waals surface area contributed by atoms with E-state index in [1.807, 2.05) is 4.90 Å². The molecule has 0 aromatic heterocycles. The van der Waals surface area contributed by atoms with Crippen molar-refractivity contribution < 1.29 is 19.4 Å². The standard InChI is InChI=1S/C20H33NO4/c1-20(2)15-8-7-14(17(20)10-15)12-25-13-16(22)11-21-9-5-4-6-18(21)19(23)24-3/h7,15-18,22H,4-6,8-13H2,1-3H3. The Morgan fingerprint density at radius 2 is 2.24 bits per heavy atom. The molecule has 1 N–H and O–H groups in total. The van der Waals surface area contributed by atoms with Crippen LogP contribution in [0.4, 0.5) is 0 Å². The van der Waals surface area contributed by atoms with Crippen LogP contribution in [0, 0.1) is 17.3 Å². The molecule has 4 atom stereocenters. The minimum absolute atomic E-state index is 0.193. The number of hydrogen-bond acceptors (Lipinski definition) is 5. The number of β-amino-alcohol motifs (C(OH)–C–C–N with tert-alkyl or cyclic N) is 1. The second-order valence-electron chi connectivity index (χ2n) is 8.52. The number of aliphatic hydroxyl groups is 1. The fourth-order valence-corrected chi connectivity index (χ4v) is 4.89. The number of nitrogens with zero attached hydrogens (tertiary/aromatic N) is 1. The van der Waals surface area contributed by atoms with Crippen LogP contribution in [-0.4, -0.2) is 61.5 Å². The number of ether oxygens (including phenoxy) is 2. The molecule has 0 aromatic rings. The molecule has 0 spiro atoms. The molecule has 2 fully saturated rings. The average molecular weight is 351 g/mol. The van der Waals surface area contributed by atoms with Gasteiger partial charge in [0.05, 0.1) is 26.4 Å². The molecule has 3 aliphatic carbocycles. The Labute approximate surface area is 151 Å². The molecule has 25 heavy (non-hydrogen) atoms. The van der Waals surface area contributed by atoms with Crippen LogP contribution in [0.2, 0.25) is 0 Å². The van der Waals surface area contributed by atoms with E-state index in [4.69, 9.17) is 9.47 Å². The number of rotatable bonds is 7. The molecule has 0 radical (unpaired) electrons. The number of methoxy groups -OCH3 is 1. The average Bonchev–Trinajstić information content (AvgIpc) is 2.61. The summed E-state index contributed by atoms with van der Waals surface area (Å²) in [6.45, 7) is 6.96. The first-order valence-corrected chi connectivity index (χ1v) is 9.70. The second kappa shape index (κ2) is 7.77. The van der Waals surface area contributed by atoms with Gasteiger partial charge in [0, 0.05) is 6.54 Å². The highest BCUT2D eigenvalue weighted by molar-refractivity contribution is 5.75. The fourth-order valence-electron chi connectivity index (χ4n) is 4.89. The van der Waals surface area contributed by atoms with Gasteiger partial charge in [-0.25, -0.2) is 0 Å². The number of hydrogen-bond donors (Lipinski definition) is 1. The lowest BCUT2D eigenvalue weighted by molar-refractivity contribution is -0.149. The number of fused-ring (bicyclic) bond motifs is 1. The number of allylic oxidation sites excluding steroid dienone is 1. The molecular formula is C20H33NO4. The Balaban J connectivity index is 1.43. The molecule has 142 valence electrons. The Bertz CT molecular complexity index is 516. The third-order valence-corrected chi connectivity index (χ3v) is 6.69. The van der Waals surface area contributed by atoms with Crippen LogP contribution < -0.4 is 0 Å². The van der Waals surface area contributed by atoms with Crippen molar-refractivity contribution in [2.75, 3.05) is 33.4 Å². The van der Waals surface area contributed by atoms with Gasteiger partial charge in [-0.1, -0.05) is 26.3 Å². The van der Waals surface area contributed by atoms with Crippen LogP contribution in [-0.2, 0) is 14.3 Å². The zero-order valence-electron chi connectivity index (χ0n) is 15.9. The zero-order chi connectivity index (χ0) is 18.0. The van der Waals surface area contributed by atoms with E-state index in [1.54, 1.807) is 0 Å². The van der Waals surface area contributed by atoms with Gasteiger partial charge in [-0.2, -0.15) is 0 Å². The van der Waals surface area contributed by atoms with Crippen molar-refractivity contribution in [1.82, 2.24) is 4.90 Å². The molecule has 2 bridgehead atoms. The van der Waals surface area contributed by atoms with Crippen molar-refractivity contribution in [2.24, 2.45) is 17.3 Å². The zero-order valence-corrected chi connectivity index (χ0v) is 15.9. The van der Waals surface area contributed by atoms with Crippen molar-refractivity contribution >= 4 is 5.97 Å². The van der Waals surface area contributed by atoms with Gasteiger partial charge in [0.1, 0.15) is 6.04 Å². The van der Waals surface area contributed by atoms with Crippen molar-refractivity contribution in [3.8, 4) is 0 Å². The number of carbonyl (C=O) groups is 1. The number of piperidine rings is 1. The smallest absolute Gasteiger partial charge is 0.323 e. The van der Waals surface area contributed by atoms with Gasteiger partial charge < -0.3 is 14.6 Å². The minimum Gasteiger partial charge on any atom is -0.468 e. The first-order chi connectivity index (χ1) is 11.9. The van der Waals surface area contributed by atoms with Gasteiger partial charge in [-0.05, 0) is 55.1 Å². The van der Waals surface area contributed by atoms with E-state index in [2.05, 4.69) is 19.9 Å². The Hall–Kier alpha value is -0.910. The number of aliphatic hydroxyl groups excluding tert-OH is 1. The maximum atomic E-state index is 11.9. The van der Waals surface area contributed by atoms with Gasteiger partial charge in [-0.3, -0.25) is 9.69 Å². The van der Waals surface area contributed by atoms with Crippen LogP contribution >= 0.6 is 0 Å². The van der Waals surface area contributed by atoms with E-state index >= 15 is 0 Å². The molecule has 1 saturated heterocycles. The molecule has 5 nitrogen and oxygen atoms in total. The Kier molecular flexibility index (Phi) is 5.86. The molecule has 1 saturated carbocycles. The third-order valence-electron chi connectivity index (χ3n) is 6.69. The minimum atomic E-state index is -0.573. The van der Waals surface area contributed by atoms with Crippen LogP contribution in [0.15, 0.2) is 11.6 Å². The monoisotopic (exact) mass is 351 g/mol. The van der Waals surface area contributed by atoms with E-state index in [0.29, 0.717) is 31.1 Å². The number of esters is 1. The molecule has 4 unspecified atom stereocenters. The van der Waals surface area contributed by atoms with Gasteiger partial charge in [0.25, 0.3) is 0 Å². The van der Waals surface area contributed by atoms with Gasteiger partial charge in [0.15, 0.2) is 0 Å². The van der Waals surface area contributed by atoms with E-state index in [0.717, 1.165) is 31.7 Å². The molecule has 1 aliphatic heterocycles. The van der Waals surface area contributed by atoms with Crippen LogP contribution in [0.3, 0.4) is 0 Å². The highest BCUT2D eigenvalue weighted by Crippen LogP contribution is 2.59. The second-order valence-corrected chi connectivity index (χ2v) is 8.52. The van der Waals surface area contributed by atoms with Gasteiger partial charge in [0.2, 0.25) is 0 Å². The lowest BCUT2D eigenvalue weighted by atomic mass is 9.49. The normalized spacial score (nSPS) is 32.5. The van der Waals surface area contributed by atoms with E-state index in [-0.39, 0.29) is 12.0 Å². The predicted octanol–water partition coefficient (Wildman–Crippen LogP) is 2.38. The summed E-state index contributed by atoms with van der Waals surface area (Å²) >= 11 is 0. The number of likely N-dealkylation sites (tertiary alicyclic amines) is 1. The highest BCUT2D eigenvalue weighted by Gasteiger charge is 2.50. The van der Waals surface area contributed by atoms with Crippen LogP contribution in [0.25, 0.3) is 0 Å². The lowest BCUT2D eigenvalue weighted by Crippen LogP contribution is -2.49. The Morgan fingerprint density at radius 3 is 2.92 bits per heavy atom. The molecular weight excluding hydrogens is 318 g/mol. The first kappa shape index (κ1) is 18.9. The summed E-state index contributed by atoms with van der Waals surface area (Å²) in [7, 11) is 1.43. The number of carbonyl (C=O) groups excluding carboxylic acids is 1. The van der Waals surface area contributed by atoms with Crippen molar-refractivity contribution in [2.45, 2.75) is 58.1 Å². The molecule has 5 heteroatoms. The van der Waals surface area contributed by atoms with E-state index < -0.39 is 6.10 Å². The molecule has 4 rings (SSSR count). The summed E-state index contributed by atoms with van der Waals surface area (Å²) in [6.07, 6.45) is 7.13. The van der Waals surface area contributed by atoms with Crippen molar-refractivity contribution in [1.29, 1.82) is 0 Å². The first-order valence-electron chi connectivity index (χ1n) is 9.70. The highest BCUT2D eigenvalue weighted by atomic mass is 16.5. The third kappa shape index (κ3) is 3.93.